The fraction of sp³-hybridized carbons (Fsp3) is 0.500. The third-order valence-electron chi connectivity index (χ3n) is 3.84. The Balaban J connectivity index is 1.78. The van der Waals surface area contributed by atoms with Crippen molar-refractivity contribution < 1.29 is 9.26 Å². The maximum Gasteiger partial charge on any atom is 0.223 e. The van der Waals surface area contributed by atoms with Gasteiger partial charge in [0, 0.05) is 13.0 Å². The first-order chi connectivity index (χ1) is 10.3. The maximum absolute atomic E-state index is 5.92. The lowest BCUT2D eigenvalue weighted by Gasteiger charge is -2.27. The summed E-state index contributed by atoms with van der Waals surface area (Å²) in [6.45, 7) is 5.26. The molecule has 5 heteroatoms. The number of fused-ring (bicyclic) bond motifs is 1. The molecule has 1 N–H and O–H groups in total. The number of nitrogens with zero attached hydrogens (tertiary/aromatic N) is 2. The molecule has 0 saturated carbocycles. The Kier molecular flexibility index (Phi) is 4.20. The highest BCUT2D eigenvalue weighted by atomic mass is 16.5. The minimum Gasteiger partial charge on any atom is -0.485 e. The van der Waals surface area contributed by atoms with E-state index in [1.807, 2.05) is 6.07 Å². The third kappa shape index (κ3) is 3.08. The highest BCUT2D eigenvalue weighted by molar-refractivity contribution is 5.43. The van der Waals surface area contributed by atoms with Crippen molar-refractivity contribution >= 4 is 0 Å². The summed E-state index contributed by atoms with van der Waals surface area (Å²) in [5.74, 6) is 2.10. The molecule has 0 radical (unpaired) electrons. The van der Waals surface area contributed by atoms with Crippen LogP contribution in [0.5, 0.6) is 5.75 Å². The van der Waals surface area contributed by atoms with Crippen LogP contribution in [-0.4, -0.2) is 16.7 Å². The van der Waals surface area contributed by atoms with E-state index in [0.717, 1.165) is 18.7 Å². The number of aromatic nitrogens is 2. The smallest absolute Gasteiger partial charge is 0.223 e. The number of hydrogen-bond acceptors (Lipinski definition) is 5. The zero-order valence-electron chi connectivity index (χ0n) is 12.6. The van der Waals surface area contributed by atoms with Gasteiger partial charge in [-0.1, -0.05) is 24.2 Å². The molecule has 0 amide bonds. The molecule has 1 aromatic carbocycles. The van der Waals surface area contributed by atoms with Gasteiger partial charge in [0.25, 0.3) is 0 Å². The zero-order valence-corrected chi connectivity index (χ0v) is 12.6. The van der Waals surface area contributed by atoms with Crippen LogP contribution in [0, 0.1) is 6.92 Å². The van der Waals surface area contributed by atoms with Gasteiger partial charge in [-0.05, 0) is 43.0 Å². The second kappa shape index (κ2) is 6.26. The van der Waals surface area contributed by atoms with Crippen molar-refractivity contribution in [3.63, 3.8) is 0 Å². The van der Waals surface area contributed by atoms with Gasteiger partial charge in [0.1, 0.15) is 5.75 Å². The van der Waals surface area contributed by atoms with Gasteiger partial charge < -0.3 is 14.6 Å². The fourth-order valence-electron chi connectivity index (χ4n) is 2.95. The quantitative estimate of drug-likeness (QED) is 0.916. The standard InChI is InChI=1S/C16H21N3O2/c1-3-17-14-8-4-7-13-12(14)6-5-9-15(13)20-10-16-18-11(2)21-19-16/h5-6,9,14,17H,3-4,7-8,10H2,1-2H3. The molecule has 1 heterocycles. The summed E-state index contributed by atoms with van der Waals surface area (Å²) >= 11 is 0. The molecular formula is C16H21N3O2. The average Bonchev–Trinajstić information content (AvgIpc) is 2.91. The molecule has 0 fully saturated rings. The molecule has 21 heavy (non-hydrogen) atoms. The van der Waals surface area contributed by atoms with E-state index in [1.165, 1.54) is 24.0 Å². The summed E-state index contributed by atoms with van der Waals surface area (Å²) in [5.41, 5.74) is 2.68. The lowest BCUT2D eigenvalue weighted by atomic mass is 9.87. The minimum atomic E-state index is 0.347. The Morgan fingerprint density at radius 3 is 3.10 bits per heavy atom. The van der Waals surface area contributed by atoms with Crippen LogP contribution in [0.4, 0.5) is 0 Å². The van der Waals surface area contributed by atoms with Gasteiger partial charge in [0.05, 0.1) is 0 Å². The lowest BCUT2D eigenvalue weighted by Crippen LogP contribution is -2.25. The molecule has 1 unspecified atom stereocenters. The summed E-state index contributed by atoms with van der Waals surface area (Å²) in [6, 6.07) is 6.73. The molecule has 0 aliphatic heterocycles. The minimum absolute atomic E-state index is 0.347. The van der Waals surface area contributed by atoms with E-state index in [2.05, 4.69) is 34.5 Å². The summed E-state index contributed by atoms with van der Waals surface area (Å²) in [5, 5.41) is 7.41. The molecule has 0 bridgehead atoms. The van der Waals surface area contributed by atoms with Gasteiger partial charge in [-0.15, -0.1) is 0 Å². The maximum atomic E-state index is 5.92. The van der Waals surface area contributed by atoms with Crippen LogP contribution in [0.1, 0.15) is 48.6 Å². The first-order valence-electron chi connectivity index (χ1n) is 7.55. The monoisotopic (exact) mass is 287 g/mol. The predicted molar refractivity (Wildman–Crippen MR) is 79.2 cm³/mol. The number of nitrogens with one attached hydrogen (secondary N) is 1. The first-order valence-corrected chi connectivity index (χ1v) is 7.55. The van der Waals surface area contributed by atoms with Crippen LogP contribution in [0.25, 0.3) is 0 Å². The molecule has 1 aromatic heterocycles. The Morgan fingerprint density at radius 2 is 2.33 bits per heavy atom. The highest BCUT2D eigenvalue weighted by Crippen LogP contribution is 2.35. The van der Waals surface area contributed by atoms with Crippen molar-refractivity contribution in [2.24, 2.45) is 0 Å². The number of benzene rings is 1. The largest absolute Gasteiger partial charge is 0.485 e. The fourth-order valence-corrected chi connectivity index (χ4v) is 2.95. The normalized spacial score (nSPS) is 17.5. The van der Waals surface area contributed by atoms with E-state index in [0.29, 0.717) is 24.4 Å². The molecule has 3 rings (SSSR count). The SMILES string of the molecule is CCNC1CCCc2c(OCc3noc(C)n3)cccc21. The van der Waals surface area contributed by atoms with Crippen LogP contribution < -0.4 is 10.1 Å². The number of aryl methyl sites for hydroxylation is 1. The van der Waals surface area contributed by atoms with Crippen LogP contribution in [0.2, 0.25) is 0 Å². The Labute approximate surface area is 124 Å². The van der Waals surface area contributed by atoms with E-state index < -0.39 is 0 Å². The molecule has 1 aliphatic carbocycles. The van der Waals surface area contributed by atoms with Crippen molar-refractivity contribution in [1.29, 1.82) is 0 Å². The van der Waals surface area contributed by atoms with E-state index in [4.69, 9.17) is 9.26 Å². The van der Waals surface area contributed by atoms with Crippen LogP contribution in [-0.2, 0) is 13.0 Å². The number of hydrogen-bond donors (Lipinski definition) is 1. The van der Waals surface area contributed by atoms with Gasteiger partial charge in [0.15, 0.2) is 6.61 Å². The van der Waals surface area contributed by atoms with Crippen molar-refractivity contribution in [2.45, 2.75) is 45.8 Å². The van der Waals surface area contributed by atoms with Crippen molar-refractivity contribution in [3.05, 3.63) is 41.0 Å². The Morgan fingerprint density at radius 1 is 1.43 bits per heavy atom. The molecule has 5 nitrogen and oxygen atoms in total. The van der Waals surface area contributed by atoms with Crippen molar-refractivity contribution in [3.8, 4) is 5.75 Å². The van der Waals surface area contributed by atoms with E-state index in [1.54, 1.807) is 6.92 Å². The molecule has 112 valence electrons. The second-order valence-corrected chi connectivity index (χ2v) is 5.34. The summed E-state index contributed by atoms with van der Waals surface area (Å²) in [7, 11) is 0. The number of ether oxygens (including phenoxy) is 1. The van der Waals surface area contributed by atoms with Crippen LogP contribution in [0.15, 0.2) is 22.7 Å². The topological polar surface area (TPSA) is 60.2 Å². The first kappa shape index (κ1) is 14.1. The van der Waals surface area contributed by atoms with Gasteiger partial charge in [-0.3, -0.25) is 0 Å². The molecule has 0 saturated heterocycles. The van der Waals surface area contributed by atoms with Crippen molar-refractivity contribution in [2.75, 3.05) is 6.54 Å². The van der Waals surface area contributed by atoms with Gasteiger partial charge >= 0.3 is 0 Å². The number of rotatable bonds is 5. The van der Waals surface area contributed by atoms with Gasteiger partial charge in [0.2, 0.25) is 11.7 Å². The Bertz CT molecular complexity index is 609. The van der Waals surface area contributed by atoms with E-state index >= 15 is 0 Å². The van der Waals surface area contributed by atoms with Crippen molar-refractivity contribution in [1.82, 2.24) is 15.5 Å². The molecule has 0 spiro atoms. The zero-order chi connectivity index (χ0) is 14.7. The Hall–Kier alpha value is -1.88. The van der Waals surface area contributed by atoms with Crippen LogP contribution >= 0.6 is 0 Å². The molecule has 1 atom stereocenters. The summed E-state index contributed by atoms with van der Waals surface area (Å²) in [6.07, 6.45) is 3.44. The molecule has 1 aliphatic rings. The summed E-state index contributed by atoms with van der Waals surface area (Å²) < 4.78 is 10.9. The third-order valence-corrected chi connectivity index (χ3v) is 3.84. The lowest BCUT2D eigenvalue weighted by molar-refractivity contribution is 0.280. The van der Waals surface area contributed by atoms with E-state index in [-0.39, 0.29) is 0 Å². The van der Waals surface area contributed by atoms with Gasteiger partial charge in [-0.2, -0.15) is 4.98 Å². The predicted octanol–water partition coefficient (Wildman–Crippen LogP) is 2.94. The summed E-state index contributed by atoms with van der Waals surface area (Å²) in [4.78, 5) is 4.17. The highest BCUT2D eigenvalue weighted by Gasteiger charge is 2.22. The molecular weight excluding hydrogens is 266 g/mol. The van der Waals surface area contributed by atoms with Crippen LogP contribution in [0.3, 0.4) is 0 Å². The van der Waals surface area contributed by atoms with E-state index in [9.17, 15) is 0 Å². The second-order valence-electron chi connectivity index (χ2n) is 5.34. The van der Waals surface area contributed by atoms with Gasteiger partial charge in [-0.25, -0.2) is 0 Å². The average molecular weight is 287 g/mol. The molecule has 2 aromatic rings.